The molecule has 0 aromatic heterocycles. The third-order valence-electron chi connectivity index (χ3n) is 4.21. The standard InChI is InChI=1S/C16H10Cl2INO3/c17-6-4-8(18)12-10(5-6)20-13(16(21)22)15-11(12)7-2-1-3-9(19)14(7)23-15/h1-5,11,13,15,20H,(H,21,22)/p-1. The van der Waals surface area contributed by atoms with Gasteiger partial charge in [0.1, 0.15) is 17.9 Å². The molecule has 0 radical (unpaired) electrons. The van der Waals surface area contributed by atoms with Gasteiger partial charge in [0.25, 0.3) is 0 Å². The van der Waals surface area contributed by atoms with Crippen molar-refractivity contribution in [2.24, 2.45) is 0 Å². The summed E-state index contributed by atoms with van der Waals surface area (Å²) in [5, 5.41) is 15.5. The number of rotatable bonds is 1. The Bertz CT molecular complexity index is 842. The third kappa shape index (κ3) is 2.28. The van der Waals surface area contributed by atoms with Gasteiger partial charge in [-0.2, -0.15) is 0 Å². The second-order valence-corrected chi connectivity index (χ2v) is 7.51. The first-order chi connectivity index (χ1) is 11.0. The van der Waals surface area contributed by atoms with Crippen LogP contribution in [-0.2, 0) is 4.79 Å². The van der Waals surface area contributed by atoms with Crippen LogP contribution in [-0.4, -0.2) is 18.1 Å². The van der Waals surface area contributed by atoms with Crippen LogP contribution >= 0.6 is 45.8 Å². The van der Waals surface area contributed by atoms with Crippen molar-refractivity contribution in [3.05, 3.63) is 55.1 Å². The van der Waals surface area contributed by atoms with Gasteiger partial charge in [0, 0.05) is 26.9 Å². The molecule has 0 aliphatic carbocycles. The van der Waals surface area contributed by atoms with Gasteiger partial charge in [-0.15, -0.1) is 0 Å². The number of carboxylic acid groups (broad SMARTS) is 1. The first kappa shape index (κ1) is 15.4. The molecular weight excluding hydrogens is 452 g/mol. The van der Waals surface area contributed by atoms with Gasteiger partial charge in [-0.1, -0.05) is 35.3 Å². The summed E-state index contributed by atoms with van der Waals surface area (Å²) in [7, 11) is 0. The topological polar surface area (TPSA) is 61.4 Å². The van der Waals surface area contributed by atoms with Crippen molar-refractivity contribution < 1.29 is 14.6 Å². The monoisotopic (exact) mass is 460 g/mol. The highest BCUT2D eigenvalue weighted by molar-refractivity contribution is 14.1. The molecule has 0 fully saturated rings. The van der Waals surface area contributed by atoms with Crippen molar-refractivity contribution in [2.75, 3.05) is 5.32 Å². The number of carbonyl (C=O) groups excluding carboxylic acids is 1. The number of hydrogen-bond acceptors (Lipinski definition) is 4. The van der Waals surface area contributed by atoms with Crippen LogP contribution in [0.1, 0.15) is 17.0 Å². The van der Waals surface area contributed by atoms with Gasteiger partial charge < -0.3 is 20.0 Å². The average Bonchev–Trinajstić information content (AvgIpc) is 2.86. The number of aliphatic carboxylic acids is 1. The molecule has 1 N–H and O–H groups in total. The lowest BCUT2D eigenvalue weighted by Gasteiger charge is -2.37. The Hall–Kier alpha value is -1.18. The van der Waals surface area contributed by atoms with E-state index in [2.05, 4.69) is 27.9 Å². The van der Waals surface area contributed by atoms with Crippen molar-refractivity contribution in [3.63, 3.8) is 0 Å². The lowest BCUT2D eigenvalue weighted by Crippen LogP contribution is -2.53. The number of anilines is 1. The maximum absolute atomic E-state index is 11.6. The lowest BCUT2D eigenvalue weighted by atomic mass is 9.81. The highest BCUT2D eigenvalue weighted by Crippen LogP contribution is 2.52. The third-order valence-corrected chi connectivity index (χ3v) is 5.59. The first-order valence-electron chi connectivity index (χ1n) is 6.89. The van der Waals surface area contributed by atoms with Crippen LogP contribution in [0.2, 0.25) is 10.0 Å². The molecule has 3 atom stereocenters. The number of hydrogen-bond donors (Lipinski definition) is 1. The molecule has 2 aromatic rings. The number of halogens is 3. The second kappa shape index (κ2) is 5.43. The first-order valence-corrected chi connectivity index (χ1v) is 8.72. The number of fused-ring (bicyclic) bond motifs is 5. The van der Waals surface area contributed by atoms with Crippen LogP contribution in [0.25, 0.3) is 0 Å². The minimum atomic E-state index is -1.22. The Kier molecular flexibility index (Phi) is 3.62. The van der Waals surface area contributed by atoms with Gasteiger partial charge in [-0.3, -0.25) is 0 Å². The minimum absolute atomic E-state index is 0.274. The van der Waals surface area contributed by atoms with Crippen LogP contribution in [0.5, 0.6) is 5.75 Å². The van der Waals surface area contributed by atoms with E-state index >= 15 is 0 Å². The molecule has 0 saturated carbocycles. The summed E-state index contributed by atoms with van der Waals surface area (Å²) in [5.74, 6) is -0.789. The Morgan fingerprint density at radius 3 is 2.83 bits per heavy atom. The van der Waals surface area contributed by atoms with Gasteiger partial charge >= 0.3 is 0 Å². The number of nitrogens with one attached hydrogen (secondary N) is 1. The summed E-state index contributed by atoms with van der Waals surface area (Å²) in [6, 6.07) is 8.14. The van der Waals surface area contributed by atoms with Crippen LogP contribution in [0, 0.1) is 3.57 Å². The summed E-state index contributed by atoms with van der Waals surface area (Å²) in [6.45, 7) is 0. The van der Waals surface area contributed by atoms with Gasteiger partial charge in [0.05, 0.1) is 15.5 Å². The van der Waals surface area contributed by atoms with E-state index in [4.69, 9.17) is 27.9 Å². The van der Waals surface area contributed by atoms with Gasteiger partial charge in [-0.25, -0.2) is 0 Å². The smallest absolute Gasteiger partial charge is 0.137 e. The number of benzene rings is 2. The summed E-state index contributed by atoms with van der Waals surface area (Å²) < 4.78 is 6.90. The van der Waals surface area contributed by atoms with Crippen molar-refractivity contribution >= 4 is 57.4 Å². The molecule has 0 spiro atoms. The van der Waals surface area contributed by atoms with Crippen LogP contribution < -0.4 is 15.2 Å². The molecule has 2 aliphatic heterocycles. The Labute approximate surface area is 155 Å². The van der Waals surface area contributed by atoms with E-state index in [0.29, 0.717) is 21.5 Å². The van der Waals surface area contributed by atoms with Gasteiger partial charge in [-0.05, 0) is 40.8 Å². The number of ether oxygens (including phenoxy) is 1. The van der Waals surface area contributed by atoms with Crippen LogP contribution in [0.15, 0.2) is 30.3 Å². The van der Waals surface area contributed by atoms with Crippen molar-refractivity contribution in [3.8, 4) is 5.75 Å². The molecule has 3 unspecified atom stereocenters. The van der Waals surface area contributed by atoms with Crippen LogP contribution in [0.3, 0.4) is 0 Å². The molecule has 23 heavy (non-hydrogen) atoms. The molecule has 0 amide bonds. The fourth-order valence-corrected chi connectivity index (χ4v) is 4.58. The van der Waals surface area contributed by atoms with E-state index in [1.54, 1.807) is 12.1 Å². The second-order valence-electron chi connectivity index (χ2n) is 5.51. The normalized spacial score (nSPS) is 24.0. The zero-order valence-electron chi connectivity index (χ0n) is 11.5. The maximum Gasteiger partial charge on any atom is 0.137 e. The van der Waals surface area contributed by atoms with E-state index in [9.17, 15) is 9.90 Å². The fraction of sp³-hybridized carbons (Fsp3) is 0.188. The quantitative estimate of drug-likeness (QED) is 0.664. The molecule has 4 nitrogen and oxygen atoms in total. The molecule has 0 saturated heterocycles. The van der Waals surface area contributed by atoms with Crippen molar-refractivity contribution in [1.82, 2.24) is 0 Å². The predicted molar refractivity (Wildman–Crippen MR) is 94.3 cm³/mol. The van der Waals surface area contributed by atoms with E-state index in [1.807, 2.05) is 18.2 Å². The SMILES string of the molecule is O=C([O-])C1Nc2cc(Cl)cc(Cl)c2C2c3cccc(I)c3OC12. The zero-order chi connectivity index (χ0) is 16.3. The molecule has 2 aliphatic rings. The molecule has 118 valence electrons. The lowest BCUT2D eigenvalue weighted by molar-refractivity contribution is -0.308. The fourth-order valence-electron chi connectivity index (χ4n) is 3.32. The molecule has 0 bridgehead atoms. The van der Waals surface area contributed by atoms with E-state index in [0.717, 1.165) is 14.7 Å². The summed E-state index contributed by atoms with van der Waals surface area (Å²) in [6.07, 6.45) is -0.614. The largest absolute Gasteiger partial charge is 0.548 e. The van der Waals surface area contributed by atoms with E-state index < -0.39 is 18.1 Å². The van der Waals surface area contributed by atoms with Gasteiger partial charge in [0.15, 0.2) is 0 Å². The summed E-state index contributed by atoms with van der Waals surface area (Å²) >= 11 is 14.6. The molecule has 4 rings (SSSR count). The number of carboxylic acids is 1. The molecular formula is C16H9Cl2INO3-. The van der Waals surface area contributed by atoms with Gasteiger partial charge in [0.2, 0.25) is 0 Å². The highest BCUT2D eigenvalue weighted by Gasteiger charge is 2.47. The predicted octanol–water partition coefficient (Wildman–Crippen LogP) is 3.03. The van der Waals surface area contributed by atoms with E-state index in [-0.39, 0.29) is 5.92 Å². The molecule has 2 aromatic carbocycles. The van der Waals surface area contributed by atoms with Crippen LogP contribution in [0.4, 0.5) is 5.69 Å². The average molecular weight is 461 g/mol. The molecule has 2 heterocycles. The highest BCUT2D eigenvalue weighted by atomic mass is 127. The molecule has 7 heteroatoms. The zero-order valence-corrected chi connectivity index (χ0v) is 15.1. The van der Waals surface area contributed by atoms with Crippen molar-refractivity contribution in [1.29, 1.82) is 0 Å². The minimum Gasteiger partial charge on any atom is -0.548 e. The Balaban J connectivity index is 1.98. The Morgan fingerprint density at radius 1 is 1.30 bits per heavy atom. The number of para-hydroxylation sites is 1. The maximum atomic E-state index is 11.6. The number of carbonyl (C=O) groups is 1. The van der Waals surface area contributed by atoms with Crippen molar-refractivity contribution in [2.45, 2.75) is 18.1 Å². The Morgan fingerprint density at radius 2 is 2.09 bits per heavy atom. The van der Waals surface area contributed by atoms with E-state index in [1.165, 1.54) is 0 Å². The summed E-state index contributed by atoms with van der Waals surface area (Å²) in [4.78, 5) is 11.6. The summed E-state index contributed by atoms with van der Waals surface area (Å²) in [5.41, 5.74) is 2.34.